The van der Waals surface area contributed by atoms with E-state index in [4.69, 9.17) is 9.47 Å². The van der Waals surface area contributed by atoms with Gasteiger partial charge in [0.05, 0.1) is 42.9 Å². The molecule has 3 saturated heterocycles. The van der Waals surface area contributed by atoms with Crippen molar-refractivity contribution in [3.8, 4) is 17.6 Å². The van der Waals surface area contributed by atoms with Crippen LogP contribution in [0.25, 0.3) is 0 Å². The summed E-state index contributed by atoms with van der Waals surface area (Å²) in [7, 11) is 0. The minimum absolute atomic E-state index is 0.0609. The molecule has 4 heterocycles. The van der Waals surface area contributed by atoms with Gasteiger partial charge in [-0.05, 0) is 77.9 Å². The summed E-state index contributed by atoms with van der Waals surface area (Å²) in [6.45, 7) is 2.45. The number of carbonyl (C=O) groups excluding carboxylic acids is 4. The zero-order valence-corrected chi connectivity index (χ0v) is 37.6. The summed E-state index contributed by atoms with van der Waals surface area (Å²) in [6.07, 6.45) is 3.77. The Morgan fingerprint density at radius 3 is 2.07 bits per heavy atom. The Labute approximate surface area is 391 Å². The second-order valence-corrected chi connectivity index (χ2v) is 17.7. The van der Waals surface area contributed by atoms with Crippen LogP contribution in [0.1, 0.15) is 103 Å². The SMILES string of the molecule is C[C@@H](NC(=O)N1C(=O)[C@@]2(c3cc(C#CCCO)ccc31)[C@H](C(=O)N1CCCCCCC1)[C@H]1C(=O)O[C@H](c3ccccc3)[C@H](c3ccccc3)N1[C@@H]2c1ccc(OCCO)cc1)c1ccccc1. The second-order valence-electron chi connectivity index (χ2n) is 17.7. The molecule has 12 nitrogen and oxygen atoms in total. The first-order chi connectivity index (χ1) is 32.8. The van der Waals surface area contributed by atoms with Crippen LogP contribution >= 0.6 is 0 Å². The summed E-state index contributed by atoms with van der Waals surface area (Å²) in [5, 5.41) is 22.4. The maximum absolute atomic E-state index is 16.7. The molecule has 4 amide bonds. The lowest BCUT2D eigenvalue weighted by Gasteiger charge is -2.46. The summed E-state index contributed by atoms with van der Waals surface area (Å²) in [4.78, 5) is 68.5. The number of carbonyl (C=O) groups is 4. The molecular formula is C55H56N4O8. The first kappa shape index (κ1) is 45.4. The summed E-state index contributed by atoms with van der Waals surface area (Å²) >= 11 is 0. The molecule has 0 saturated carbocycles. The van der Waals surface area contributed by atoms with Gasteiger partial charge in [0.2, 0.25) is 11.8 Å². The van der Waals surface area contributed by atoms with Crippen LogP contribution in [0.3, 0.4) is 0 Å². The normalized spacial score (nSPS) is 24.1. The van der Waals surface area contributed by atoms with Gasteiger partial charge >= 0.3 is 12.0 Å². The Morgan fingerprint density at radius 2 is 1.42 bits per heavy atom. The molecule has 0 aliphatic carbocycles. The highest BCUT2D eigenvalue weighted by Crippen LogP contribution is 2.66. The van der Waals surface area contributed by atoms with E-state index in [-0.39, 0.29) is 37.8 Å². The van der Waals surface area contributed by atoms with Gasteiger partial charge in [0.1, 0.15) is 29.9 Å². The van der Waals surface area contributed by atoms with Gasteiger partial charge < -0.3 is 29.9 Å². The van der Waals surface area contributed by atoms with Crippen LogP contribution in [0.15, 0.2) is 133 Å². The lowest BCUT2D eigenvalue weighted by molar-refractivity contribution is -0.179. The van der Waals surface area contributed by atoms with E-state index in [1.165, 1.54) is 0 Å². The number of likely N-dealkylation sites (tertiary alicyclic amines) is 1. The number of hydrogen-bond acceptors (Lipinski definition) is 9. The standard InChI is InChI=1S/C55H56N4O8/c1-37(39-19-8-5-9-20-39)56-54(65)58-45-30-25-38(18-14-17-33-60)36-44(45)55(53(58)64)46(51(62)57-31-15-3-2-4-16-32-57)48-52(63)67-49(41-23-12-7-13-24-41)47(40-21-10-6-11-22-40)59(48)50(55)42-26-28-43(29-27-42)66-35-34-61/h5-13,19-30,36-37,46-50,60-61H,2-4,15-17,31-35H2,1H3,(H,56,65)/t37-,46+,47+,48+,49-,50-,55+/m1/s1. The van der Waals surface area contributed by atoms with E-state index in [2.05, 4.69) is 17.2 Å². The fourth-order valence-electron chi connectivity index (χ4n) is 10.8. The number of rotatable bonds is 10. The number of nitrogens with zero attached hydrogens (tertiary/aromatic N) is 3. The van der Waals surface area contributed by atoms with Crippen molar-refractivity contribution < 1.29 is 38.9 Å². The highest BCUT2D eigenvalue weighted by molar-refractivity contribution is 6.24. The fourth-order valence-corrected chi connectivity index (χ4v) is 10.8. The third-order valence-electron chi connectivity index (χ3n) is 13.8. The van der Waals surface area contributed by atoms with Crippen LogP contribution in [0.2, 0.25) is 0 Å². The summed E-state index contributed by atoms with van der Waals surface area (Å²) in [5.74, 6) is 3.61. The number of imide groups is 1. The van der Waals surface area contributed by atoms with Gasteiger partial charge in [-0.1, -0.05) is 134 Å². The third-order valence-corrected chi connectivity index (χ3v) is 13.8. The number of ether oxygens (including phenoxy) is 2. The lowest BCUT2D eigenvalue weighted by atomic mass is 9.64. The van der Waals surface area contributed by atoms with E-state index in [9.17, 15) is 10.2 Å². The average molecular weight is 901 g/mol. The fraction of sp³-hybridized carbons (Fsp3) is 0.345. The van der Waals surface area contributed by atoms with Crippen molar-refractivity contribution in [3.05, 3.63) is 167 Å². The van der Waals surface area contributed by atoms with E-state index >= 15 is 19.2 Å². The molecule has 67 heavy (non-hydrogen) atoms. The smallest absolute Gasteiger partial charge is 0.329 e. The largest absolute Gasteiger partial charge is 0.491 e. The Morgan fingerprint density at radius 1 is 0.776 bits per heavy atom. The number of hydrogen-bond donors (Lipinski definition) is 3. The zero-order valence-electron chi connectivity index (χ0n) is 37.6. The number of anilines is 1. The number of benzene rings is 5. The molecule has 5 aromatic rings. The van der Waals surface area contributed by atoms with Gasteiger partial charge in [-0.25, -0.2) is 9.69 Å². The van der Waals surface area contributed by atoms with Crippen molar-refractivity contribution in [1.29, 1.82) is 0 Å². The maximum Gasteiger partial charge on any atom is 0.329 e. The van der Waals surface area contributed by atoms with Crippen molar-refractivity contribution in [2.45, 2.75) is 81.1 Å². The quantitative estimate of drug-likeness (QED) is 0.0947. The predicted octanol–water partition coefficient (Wildman–Crippen LogP) is 7.72. The number of aliphatic hydroxyl groups excluding tert-OH is 2. The maximum atomic E-state index is 16.7. The van der Waals surface area contributed by atoms with Crippen molar-refractivity contribution in [2.24, 2.45) is 5.92 Å². The number of cyclic esters (lactones) is 1. The molecule has 0 unspecified atom stereocenters. The highest BCUT2D eigenvalue weighted by Gasteiger charge is 2.76. The van der Waals surface area contributed by atoms with Gasteiger partial charge in [0, 0.05) is 25.1 Å². The Balaban J connectivity index is 1.34. The van der Waals surface area contributed by atoms with Crippen molar-refractivity contribution in [3.63, 3.8) is 0 Å². The number of amides is 4. The zero-order chi connectivity index (χ0) is 46.5. The van der Waals surface area contributed by atoms with Crippen molar-refractivity contribution >= 4 is 29.5 Å². The van der Waals surface area contributed by atoms with Gasteiger partial charge in [0.15, 0.2) is 0 Å². The topological polar surface area (TPSA) is 149 Å². The van der Waals surface area contributed by atoms with Gasteiger partial charge in [-0.2, -0.15) is 0 Å². The number of nitrogens with one attached hydrogen (secondary N) is 1. The van der Waals surface area contributed by atoms with Crippen LogP contribution in [0, 0.1) is 17.8 Å². The molecule has 12 heteroatoms. The molecule has 5 aromatic carbocycles. The Kier molecular flexibility index (Phi) is 13.5. The molecule has 7 atom stereocenters. The highest BCUT2D eigenvalue weighted by atomic mass is 16.6. The van der Waals surface area contributed by atoms with Gasteiger partial charge in [-0.15, -0.1) is 0 Å². The van der Waals surface area contributed by atoms with E-state index in [0.717, 1.165) is 53.7 Å². The second kappa shape index (κ2) is 20.0. The minimum Gasteiger partial charge on any atom is -0.491 e. The monoisotopic (exact) mass is 900 g/mol. The third kappa shape index (κ3) is 8.48. The van der Waals surface area contributed by atoms with E-state index < -0.39 is 59.5 Å². The number of urea groups is 1. The van der Waals surface area contributed by atoms with Crippen molar-refractivity contribution in [1.82, 2.24) is 15.1 Å². The summed E-state index contributed by atoms with van der Waals surface area (Å²) < 4.78 is 12.5. The first-order valence-corrected chi connectivity index (χ1v) is 23.4. The first-order valence-electron chi connectivity index (χ1n) is 23.4. The van der Waals surface area contributed by atoms with Crippen LogP contribution in [0.5, 0.6) is 5.75 Å². The molecule has 4 aliphatic rings. The number of fused-ring (bicyclic) bond motifs is 3. The van der Waals surface area contributed by atoms with Crippen LogP contribution in [0.4, 0.5) is 10.5 Å². The predicted molar refractivity (Wildman–Crippen MR) is 253 cm³/mol. The number of aliphatic hydroxyl groups is 2. The molecule has 3 N–H and O–H groups in total. The molecular weight excluding hydrogens is 845 g/mol. The van der Waals surface area contributed by atoms with E-state index in [0.29, 0.717) is 35.5 Å². The van der Waals surface area contributed by atoms with Crippen LogP contribution < -0.4 is 15.0 Å². The average Bonchev–Trinajstić information content (AvgIpc) is 3.80. The van der Waals surface area contributed by atoms with Crippen LogP contribution in [-0.2, 0) is 24.5 Å². The molecule has 4 aliphatic heterocycles. The van der Waals surface area contributed by atoms with Gasteiger partial charge in [-0.3, -0.25) is 19.3 Å². The molecule has 344 valence electrons. The van der Waals surface area contributed by atoms with Gasteiger partial charge in [0.25, 0.3) is 0 Å². The molecule has 0 bridgehead atoms. The summed E-state index contributed by atoms with van der Waals surface area (Å²) in [5.41, 5.74) is 2.22. The van der Waals surface area contributed by atoms with E-state index in [1.54, 1.807) is 30.3 Å². The number of esters is 1. The molecule has 0 aromatic heterocycles. The molecule has 3 fully saturated rings. The molecule has 9 rings (SSSR count). The summed E-state index contributed by atoms with van der Waals surface area (Å²) in [6, 6.07) is 36.9. The van der Waals surface area contributed by atoms with E-state index in [1.807, 2.05) is 120 Å². The van der Waals surface area contributed by atoms with Crippen molar-refractivity contribution in [2.75, 3.05) is 37.8 Å². The minimum atomic E-state index is -1.92. The molecule has 0 radical (unpaired) electrons. The Bertz CT molecular complexity index is 2630. The van der Waals surface area contributed by atoms with Crippen LogP contribution in [-0.4, -0.2) is 82.8 Å². The molecule has 1 spiro atoms. The number of morpholine rings is 1. The Hall–Kier alpha value is -6.78. The lowest BCUT2D eigenvalue weighted by Crippen LogP contribution is -2.57.